The minimum atomic E-state index is -3.61. The minimum Gasteiger partial charge on any atom is -0.207 e. The molecule has 0 amide bonds. The van der Waals surface area contributed by atoms with Crippen LogP contribution >= 0.6 is 34.8 Å². The Balaban J connectivity index is 2.19. The Kier molecular flexibility index (Phi) is 5.01. The van der Waals surface area contributed by atoms with E-state index in [-0.39, 0.29) is 21.3 Å². The van der Waals surface area contributed by atoms with Crippen LogP contribution in [0.1, 0.15) is 25.7 Å². The van der Waals surface area contributed by atoms with Gasteiger partial charge in [0.2, 0.25) is 10.0 Å². The summed E-state index contributed by atoms with van der Waals surface area (Å²) in [4.78, 5) is 0.108. The predicted octanol–water partition coefficient (Wildman–Crippen LogP) is 3.82. The lowest BCUT2D eigenvalue weighted by Gasteiger charge is -2.27. The summed E-state index contributed by atoms with van der Waals surface area (Å²) in [5.74, 6) is 0. The van der Waals surface area contributed by atoms with E-state index >= 15 is 0 Å². The van der Waals surface area contributed by atoms with Gasteiger partial charge < -0.3 is 0 Å². The van der Waals surface area contributed by atoms with Crippen LogP contribution < -0.4 is 4.72 Å². The summed E-state index contributed by atoms with van der Waals surface area (Å²) in [5.41, 5.74) is 0. The molecule has 0 aromatic heterocycles. The van der Waals surface area contributed by atoms with E-state index in [0.29, 0.717) is 5.02 Å². The van der Waals surface area contributed by atoms with Crippen molar-refractivity contribution >= 4 is 44.8 Å². The first-order chi connectivity index (χ1) is 8.90. The van der Waals surface area contributed by atoms with E-state index in [1.54, 1.807) is 0 Å². The van der Waals surface area contributed by atoms with Crippen LogP contribution in [-0.4, -0.2) is 19.8 Å². The Morgan fingerprint density at radius 3 is 2.42 bits per heavy atom. The molecular weight excluding hydrogens is 329 g/mol. The summed E-state index contributed by atoms with van der Waals surface area (Å²) in [6, 6.07) is 4.02. The number of hydrogen-bond donors (Lipinski definition) is 1. The maximum absolute atomic E-state index is 12.2. The SMILES string of the molecule is O=S(=O)(NC1CCCCC1Cl)c1ccc(Cl)c(Cl)c1. The van der Waals surface area contributed by atoms with Crippen LogP contribution in [0.3, 0.4) is 0 Å². The summed E-state index contributed by atoms with van der Waals surface area (Å²) < 4.78 is 27.1. The molecule has 1 aliphatic rings. The standard InChI is InChI=1S/C12H14Cl3NO2S/c13-9-6-5-8(7-11(9)15)19(17,18)16-12-4-2-1-3-10(12)14/h5-7,10,12,16H,1-4H2. The molecular formula is C12H14Cl3NO2S. The normalized spacial score (nSPS) is 24.4. The zero-order valence-corrected chi connectivity index (χ0v) is 13.2. The van der Waals surface area contributed by atoms with Crippen molar-refractivity contribution in [1.82, 2.24) is 4.72 Å². The molecule has 1 saturated carbocycles. The highest BCUT2D eigenvalue weighted by Gasteiger charge is 2.28. The van der Waals surface area contributed by atoms with Gasteiger partial charge in [-0.2, -0.15) is 0 Å². The molecule has 0 spiro atoms. The van der Waals surface area contributed by atoms with Crippen molar-refractivity contribution in [1.29, 1.82) is 0 Å². The van der Waals surface area contributed by atoms with E-state index in [1.165, 1.54) is 18.2 Å². The lowest BCUT2D eigenvalue weighted by molar-refractivity contribution is 0.418. The zero-order chi connectivity index (χ0) is 14.0. The molecule has 2 rings (SSSR count). The number of benzene rings is 1. The quantitative estimate of drug-likeness (QED) is 0.849. The average Bonchev–Trinajstić information content (AvgIpc) is 2.35. The van der Waals surface area contributed by atoms with Crippen LogP contribution in [0.5, 0.6) is 0 Å². The van der Waals surface area contributed by atoms with Crippen LogP contribution in [0.4, 0.5) is 0 Å². The second-order valence-electron chi connectivity index (χ2n) is 4.60. The molecule has 1 aromatic rings. The van der Waals surface area contributed by atoms with E-state index in [4.69, 9.17) is 34.8 Å². The second kappa shape index (κ2) is 6.19. The first-order valence-corrected chi connectivity index (χ1v) is 8.69. The molecule has 1 aliphatic carbocycles. The van der Waals surface area contributed by atoms with Crippen LogP contribution in [0.2, 0.25) is 10.0 Å². The minimum absolute atomic E-state index is 0.108. The topological polar surface area (TPSA) is 46.2 Å². The Bertz CT molecular complexity index is 562. The maximum atomic E-state index is 12.2. The third-order valence-electron chi connectivity index (χ3n) is 3.19. The number of rotatable bonds is 3. The molecule has 0 aliphatic heterocycles. The number of halogens is 3. The Morgan fingerprint density at radius 2 is 1.79 bits per heavy atom. The van der Waals surface area contributed by atoms with Gasteiger partial charge in [0.05, 0.1) is 14.9 Å². The Labute approximate surface area is 128 Å². The number of sulfonamides is 1. The van der Waals surface area contributed by atoms with Gasteiger partial charge in [0, 0.05) is 11.4 Å². The molecule has 106 valence electrons. The van der Waals surface area contributed by atoms with E-state index < -0.39 is 10.0 Å². The predicted molar refractivity (Wildman–Crippen MR) is 78.7 cm³/mol. The molecule has 19 heavy (non-hydrogen) atoms. The largest absolute Gasteiger partial charge is 0.240 e. The van der Waals surface area contributed by atoms with Crippen molar-refractivity contribution in [3.8, 4) is 0 Å². The maximum Gasteiger partial charge on any atom is 0.240 e. The van der Waals surface area contributed by atoms with E-state index in [0.717, 1.165) is 25.7 Å². The summed E-state index contributed by atoms with van der Waals surface area (Å²) >= 11 is 17.8. The molecule has 2 atom stereocenters. The first kappa shape index (κ1) is 15.4. The fourth-order valence-corrected chi connectivity index (χ4v) is 4.25. The molecule has 1 aromatic carbocycles. The van der Waals surface area contributed by atoms with Crippen molar-refractivity contribution in [2.24, 2.45) is 0 Å². The van der Waals surface area contributed by atoms with Crippen molar-refractivity contribution in [2.75, 3.05) is 0 Å². The molecule has 0 bridgehead atoms. The number of nitrogens with one attached hydrogen (secondary N) is 1. The van der Waals surface area contributed by atoms with Gasteiger partial charge in [-0.15, -0.1) is 11.6 Å². The van der Waals surface area contributed by atoms with Crippen LogP contribution in [0, 0.1) is 0 Å². The van der Waals surface area contributed by atoms with Crippen molar-refractivity contribution in [3.05, 3.63) is 28.2 Å². The monoisotopic (exact) mass is 341 g/mol. The molecule has 0 heterocycles. The fraction of sp³-hybridized carbons (Fsp3) is 0.500. The summed E-state index contributed by atoms with van der Waals surface area (Å²) in [7, 11) is -3.61. The summed E-state index contributed by atoms with van der Waals surface area (Å²) in [6.07, 6.45) is 3.61. The molecule has 2 unspecified atom stereocenters. The highest BCUT2D eigenvalue weighted by atomic mass is 35.5. The molecule has 0 radical (unpaired) electrons. The van der Waals surface area contributed by atoms with E-state index in [1.807, 2.05) is 0 Å². The molecule has 1 fully saturated rings. The van der Waals surface area contributed by atoms with Crippen molar-refractivity contribution in [3.63, 3.8) is 0 Å². The van der Waals surface area contributed by atoms with Gasteiger partial charge in [-0.3, -0.25) is 0 Å². The summed E-state index contributed by atoms with van der Waals surface area (Å²) in [5, 5.41) is 0.385. The van der Waals surface area contributed by atoms with E-state index in [2.05, 4.69) is 4.72 Å². The highest BCUT2D eigenvalue weighted by Crippen LogP contribution is 2.27. The second-order valence-corrected chi connectivity index (χ2v) is 7.69. The van der Waals surface area contributed by atoms with Gasteiger partial charge in [0.15, 0.2) is 0 Å². The van der Waals surface area contributed by atoms with Crippen LogP contribution in [0.25, 0.3) is 0 Å². The van der Waals surface area contributed by atoms with Gasteiger partial charge in [0.1, 0.15) is 0 Å². The first-order valence-electron chi connectivity index (χ1n) is 6.01. The fourth-order valence-electron chi connectivity index (χ4n) is 2.13. The molecule has 1 N–H and O–H groups in total. The Morgan fingerprint density at radius 1 is 1.11 bits per heavy atom. The van der Waals surface area contributed by atoms with Crippen LogP contribution in [-0.2, 0) is 10.0 Å². The highest BCUT2D eigenvalue weighted by molar-refractivity contribution is 7.89. The lowest BCUT2D eigenvalue weighted by Crippen LogP contribution is -2.42. The van der Waals surface area contributed by atoms with Gasteiger partial charge in [-0.25, -0.2) is 13.1 Å². The zero-order valence-electron chi connectivity index (χ0n) is 10.1. The Hall–Kier alpha value is -0.000000000000000111. The number of alkyl halides is 1. The third-order valence-corrected chi connectivity index (χ3v) is 5.94. The van der Waals surface area contributed by atoms with Crippen LogP contribution in [0.15, 0.2) is 23.1 Å². The molecule has 0 saturated heterocycles. The van der Waals surface area contributed by atoms with Gasteiger partial charge >= 0.3 is 0 Å². The average molecular weight is 343 g/mol. The lowest BCUT2D eigenvalue weighted by atomic mass is 9.96. The third kappa shape index (κ3) is 3.76. The van der Waals surface area contributed by atoms with Crippen molar-refractivity contribution in [2.45, 2.75) is 42.0 Å². The smallest absolute Gasteiger partial charge is 0.207 e. The number of hydrogen-bond acceptors (Lipinski definition) is 2. The van der Waals surface area contributed by atoms with Gasteiger partial charge in [0.25, 0.3) is 0 Å². The van der Waals surface area contributed by atoms with E-state index in [9.17, 15) is 8.42 Å². The van der Waals surface area contributed by atoms with Gasteiger partial charge in [-0.05, 0) is 31.0 Å². The molecule has 7 heteroatoms. The van der Waals surface area contributed by atoms with Crippen molar-refractivity contribution < 1.29 is 8.42 Å². The molecule has 3 nitrogen and oxygen atoms in total. The summed E-state index contributed by atoms with van der Waals surface area (Å²) in [6.45, 7) is 0. The van der Waals surface area contributed by atoms with Gasteiger partial charge in [-0.1, -0.05) is 36.0 Å².